The van der Waals surface area contributed by atoms with E-state index in [1.807, 2.05) is 0 Å². The van der Waals surface area contributed by atoms with Crippen LogP contribution in [0.25, 0.3) is 0 Å². The molecule has 0 fully saturated rings. The average molecular weight is 1730 g/mol. The van der Waals surface area contributed by atoms with E-state index in [9.17, 15) is 43.5 Å². The van der Waals surface area contributed by atoms with Gasteiger partial charge in [0.05, 0.1) is 26.4 Å². The predicted molar refractivity (Wildman–Crippen MR) is 509 cm³/mol. The number of esters is 3. The summed E-state index contributed by atoms with van der Waals surface area (Å²) in [5, 5.41) is 20.8. The highest BCUT2D eigenvalue weighted by Gasteiger charge is 2.29. The first-order valence-electron chi connectivity index (χ1n) is 47.7. The van der Waals surface area contributed by atoms with Gasteiger partial charge in [-0.3, -0.25) is 32.5 Å². The average Bonchev–Trinajstić information content (AvgIpc) is 0.884. The number of aliphatic hydroxyl groups is 2. The van der Waals surface area contributed by atoms with Crippen molar-refractivity contribution >= 4 is 33.6 Å². The lowest BCUT2D eigenvalue weighted by atomic mass is 10.0. The fourth-order valence-corrected chi connectivity index (χ4v) is 14.2. The Hall–Kier alpha value is -5.61. The van der Waals surface area contributed by atoms with Gasteiger partial charge in [-0.15, -0.1) is 0 Å². The molecular weight excluding hydrogens is 1560 g/mol. The van der Waals surface area contributed by atoms with Crippen molar-refractivity contribution in [3.05, 3.63) is 194 Å². The van der Waals surface area contributed by atoms with Crippen LogP contribution in [0, 0.1) is 0 Å². The number of phosphoric ester groups is 2. The number of aliphatic hydroxyl groups excluding tert-OH is 2. The van der Waals surface area contributed by atoms with Gasteiger partial charge in [0, 0.05) is 19.3 Å². The van der Waals surface area contributed by atoms with E-state index in [4.69, 9.17) is 32.3 Å². The first kappa shape index (κ1) is 115. The van der Waals surface area contributed by atoms with Crippen molar-refractivity contribution in [1.29, 1.82) is 0 Å². The van der Waals surface area contributed by atoms with Crippen LogP contribution in [0.3, 0.4) is 0 Å². The highest BCUT2D eigenvalue weighted by molar-refractivity contribution is 7.47. The van der Waals surface area contributed by atoms with E-state index in [-0.39, 0.29) is 19.3 Å². The van der Waals surface area contributed by atoms with E-state index >= 15 is 0 Å². The Morgan fingerprint density at radius 2 is 0.438 bits per heavy atom. The van der Waals surface area contributed by atoms with Crippen molar-refractivity contribution in [3.63, 3.8) is 0 Å². The highest BCUT2D eigenvalue weighted by atomic mass is 31.2. The summed E-state index contributed by atoms with van der Waals surface area (Å²) < 4.78 is 61.5. The summed E-state index contributed by atoms with van der Waals surface area (Å²) in [5.74, 6) is -1.60. The first-order valence-corrected chi connectivity index (χ1v) is 50.7. The molecule has 16 nitrogen and oxygen atoms in total. The number of phosphoric acid groups is 2. The van der Waals surface area contributed by atoms with Gasteiger partial charge >= 0.3 is 33.6 Å². The summed E-state index contributed by atoms with van der Waals surface area (Å²) in [4.78, 5) is 59.1. The molecule has 0 spiro atoms. The number of unbranched alkanes of at least 4 members (excludes halogenated alkanes) is 34. The minimum Gasteiger partial charge on any atom is -0.463 e. The molecule has 0 aromatic heterocycles. The zero-order valence-electron chi connectivity index (χ0n) is 76.1. The molecule has 0 bridgehead atoms. The molecule has 0 saturated heterocycles. The lowest BCUT2D eigenvalue weighted by Gasteiger charge is -2.21. The van der Waals surface area contributed by atoms with E-state index in [1.165, 1.54) is 148 Å². The summed E-state index contributed by atoms with van der Waals surface area (Å²) in [6.07, 6.45) is 125. The molecule has 0 aliphatic carbocycles. The van der Waals surface area contributed by atoms with Gasteiger partial charge in [0.15, 0.2) is 6.10 Å². The molecule has 0 heterocycles. The zero-order chi connectivity index (χ0) is 87.9. The third-order valence-electron chi connectivity index (χ3n) is 19.8. The van der Waals surface area contributed by atoms with Crippen LogP contribution in [0.15, 0.2) is 194 Å². The van der Waals surface area contributed by atoms with E-state index in [2.05, 4.69) is 215 Å². The van der Waals surface area contributed by atoms with E-state index in [0.29, 0.717) is 19.3 Å². The second-order valence-electron chi connectivity index (χ2n) is 31.4. The van der Waals surface area contributed by atoms with Gasteiger partial charge in [-0.2, -0.15) is 0 Å². The Kier molecular flexibility index (Phi) is 89.2. The molecule has 0 aliphatic heterocycles. The molecule has 5 atom stereocenters. The van der Waals surface area contributed by atoms with Gasteiger partial charge in [0.1, 0.15) is 25.4 Å². The van der Waals surface area contributed by atoms with E-state index in [1.54, 1.807) is 0 Å². The lowest BCUT2D eigenvalue weighted by Crippen LogP contribution is -2.30. The third-order valence-corrected chi connectivity index (χ3v) is 21.7. The monoisotopic (exact) mass is 1730 g/mol. The SMILES string of the molecule is CC/C=C\C/C=C\C/C=C\C/C=C\C/C=C\C/C=C\CCCCCCCCCCCCCCC(=O)OCC(O)COP(=O)(O)OCC(O)COP(=O)(O)OCC(COC(=O)CCCCCCCCCCCCCCCCC/C=C\C/C=C\C/C=C\C/C=C\CCCCC)OC(=O)CCCCCC/C=C\C/C=C\C/C=C\C/C=C\C/C=C\C/C=C\CC. The summed E-state index contributed by atoms with van der Waals surface area (Å²) in [6.45, 7) is 2.43. The smallest absolute Gasteiger partial charge is 0.463 e. The first-order chi connectivity index (χ1) is 59.2. The second-order valence-corrected chi connectivity index (χ2v) is 34.3. The third kappa shape index (κ3) is 94.9. The number of hydrogen-bond acceptors (Lipinski definition) is 14. The number of carbonyl (C=O) groups is 3. The van der Waals surface area contributed by atoms with Gasteiger partial charge < -0.3 is 34.2 Å². The topological polar surface area (TPSA) is 231 Å². The van der Waals surface area contributed by atoms with Crippen LogP contribution in [0.1, 0.15) is 380 Å². The quantitative estimate of drug-likeness (QED) is 0.0146. The Labute approximate surface area is 737 Å². The van der Waals surface area contributed by atoms with Crippen LogP contribution in [-0.4, -0.2) is 95.9 Å². The second kappa shape index (κ2) is 93.5. The van der Waals surface area contributed by atoms with Gasteiger partial charge in [-0.05, 0) is 167 Å². The van der Waals surface area contributed by atoms with Crippen molar-refractivity contribution in [3.8, 4) is 0 Å². The Balaban J connectivity index is 4.64. The number of hydrogen-bond donors (Lipinski definition) is 4. The number of carbonyl (C=O) groups excluding carboxylic acids is 3. The van der Waals surface area contributed by atoms with Crippen molar-refractivity contribution in [1.82, 2.24) is 0 Å². The van der Waals surface area contributed by atoms with Crippen molar-refractivity contribution in [2.75, 3.05) is 39.6 Å². The Bertz CT molecular complexity index is 2980. The van der Waals surface area contributed by atoms with Crippen molar-refractivity contribution in [2.45, 2.75) is 399 Å². The summed E-state index contributed by atoms with van der Waals surface area (Å²) in [6, 6.07) is 0. The summed E-state index contributed by atoms with van der Waals surface area (Å²) in [5.41, 5.74) is 0. The van der Waals surface area contributed by atoms with Crippen molar-refractivity contribution < 1.29 is 75.8 Å². The zero-order valence-corrected chi connectivity index (χ0v) is 77.9. The van der Waals surface area contributed by atoms with Gasteiger partial charge in [0.2, 0.25) is 0 Å². The summed E-state index contributed by atoms with van der Waals surface area (Å²) >= 11 is 0. The molecule has 0 aromatic carbocycles. The van der Waals surface area contributed by atoms with E-state index in [0.717, 1.165) is 173 Å². The number of rotatable bonds is 89. The van der Waals surface area contributed by atoms with Gasteiger partial charge in [0.25, 0.3) is 0 Å². The Morgan fingerprint density at radius 3 is 0.694 bits per heavy atom. The van der Waals surface area contributed by atoms with Crippen LogP contribution in [0.2, 0.25) is 0 Å². The van der Waals surface area contributed by atoms with Crippen LogP contribution in [0.5, 0.6) is 0 Å². The molecule has 690 valence electrons. The molecule has 4 N–H and O–H groups in total. The fraction of sp³-hybridized carbons (Fsp3) is 0.660. The fourth-order valence-electron chi connectivity index (χ4n) is 12.6. The number of ether oxygens (including phenoxy) is 3. The molecule has 0 radical (unpaired) electrons. The normalized spacial score (nSPS) is 14.6. The minimum atomic E-state index is -4.96. The molecular formula is C103H172O16P2. The molecule has 18 heteroatoms. The summed E-state index contributed by atoms with van der Waals surface area (Å²) in [7, 11) is -9.83. The molecule has 0 saturated carbocycles. The number of allylic oxidation sites excluding steroid dienone is 32. The minimum absolute atomic E-state index is 0.0694. The lowest BCUT2D eigenvalue weighted by molar-refractivity contribution is -0.161. The highest BCUT2D eigenvalue weighted by Crippen LogP contribution is 2.45. The Morgan fingerprint density at radius 1 is 0.240 bits per heavy atom. The maximum absolute atomic E-state index is 13.1. The van der Waals surface area contributed by atoms with Gasteiger partial charge in [-0.1, -0.05) is 389 Å². The molecule has 0 amide bonds. The molecule has 5 unspecified atom stereocenters. The van der Waals surface area contributed by atoms with E-state index < -0.39 is 91.5 Å². The largest absolute Gasteiger partial charge is 0.472 e. The van der Waals surface area contributed by atoms with Crippen LogP contribution >= 0.6 is 15.6 Å². The maximum atomic E-state index is 13.1. The molecule has 0 aliphatic rings. The van der Waals surface area contributed by atoms with Crippen LogP contribution in [-0.2, 0) is 55.8 Å². The van der Waals surface area contributed by atoms with Crippen LogP contribution in [0.4, 0.5) is 0 Å². The van der Waals surface area contributed by atoms with Crippen LogP contribution < -0.4 is 0 Å². The standard InChI is InChI=1S/C103H172O16P2/c1-4-7-10-13-16-19-22-25-28-31-34-37-40-42-44-46-48-50-52-54-57-59-62-65-68-71-74-77-80-83-86-89-101(106)113-92-98(104)93-115-120(109,110)116-94-99(105)95-117-121(111,112)118-97-100(119-103(108)91-88-85-82-79-76-73-70-67-64-61-56-39-36-33-30-27-24-21-18-15-12-9-6-3)96-114-102(107)90-87-84-81-78-75-72-69-66-63-60-58-55-53-51-49-47-45-43-41-38-35-32-29-26-23-20-17-14-11-8-5-2/h7,9-10,12,16-21,25-30,34-39,42-45,48,50,61,64,70,73,98-100,104-105H,4-6,8,11,13-15,22-24,31-33,40-41,46-47,49,51-60,62-63,65-69,71-72,74-97H2,1-3H3,(H,109,110)(H,111,112)/b10-7-,12-9-,19-16-,20-17-,21-18-,28-25-,29-26-,30-27-,37-34-,38-35-,39-36-,44-42-,45-43-,50-48-,64-61-,73-70-. The van der Waals surface area contributed by atoms with Crippen molar-refractivity contribution in [2.24, 2.45) is 0 Å². The molecule has 0 aromatic rings. The maximum Gasteiger partial charge on any atom is 0.472 e. The predicted octanol–water partition coefficient (Wildman–Crippen LogP) is 29.8. The molecule has 0 rings (SSSR count). The molecule has 121 heavy (non-hydrogen) atoms. The van der Waals surface area contributed by atoms with Gasteiger partial charge in [-0.25, -0.2) is 9.13 Å².